The molecule has 1 aliphatic carbocycles. The van der Waals surface area contributed by atoms with Gasteiger partial charge in [-0.15, -0.1) is 0 Å². The van der Waals surface area contributed by atoms with E-state index in [1.165, 1.54) is 29.3 Å². The molecule has 4 rings (SSSR count). The predicted molar refractivity (Wildman–Crippen MR) is 102 cm³/mol. The van der Waals surface area contributed by atoms with Crippen LogP contribution >= 0.6 is 0 Å². The zero-order valence-electron chi connectivity index (χ0n) is 14.6. The van der Waals surface area contributed by atoms with E-state index in [1.54, 1.807) is 0 Å². The molecule has 0 saturated carbocycles. The molecule has 6 heteroatoms. The summed E-state index contributed by atoms with van der Waals surface area (Å²) >= 11 is 0. The first-order chi connectivity index (χ1) is 12.7. The summed E-state index contributed by atoms with van der Waals surface area (Å²) in [4.78, 5) is 32.3. The van der Waals surface area contributed by atoms with Crippen LogP contribution in [-0.2, 0) is 11.3 Å². The van der Waals surface area contributed by atoms with Gasteiger partial charge in [-0.25, -0.2) is 4.98 Å². The maximum absolute atomic E-state index is 12.7. The number of nitrogens with zero attached hydrogens (tertiary/aromatic N) is 2. The summed E-state index contributed by atoms with van der Waals surface area (Å²) < 4.78 is 1.35. The SMILES string of the molecule is O=C(Cn1cnc2c([nH]c3ccccc32)c1=O)NCCC1=CCCCC1. The molecule has 0 saturated heterocycles. The molecule has 1 aliphatic rings. The second-order valence-corrected chi connectivity index (χ2v) is 6.78. The molecule has 2 aromatic heterocycles. The van der Waals surface area contributed by atoms with Crippen LogP contribution in [0.1, 0.15) is 32.1 Å². The van der Waals surface area contributed by atoms with E-state index in [9.17, 15) is 9.59 Å². The molecular formula is C20H22N4O2. The maximum atomic E-state index is 12.7. The van der Waals surface area contributed by atoms with Crippen LogP contribution < -0.4 is 10.9 Å². The maximum Gasteiger partial charge on any atom is 0.278 e. The third-order valence-corrected chi connectivity index (χ3v) is 4.95. The van der Waals surface area contributed by atoms with Gasteiger partial charge in [0.05, 0.1) is 6.33 Å². The van der Waals surface area contributed by atoms with E-state index < -0.39 is 0 Å². The van der Waals surface area contributed by atoms with Crippen LogP contribution in [0.3, 0.4) is 0 Å². The number of carbonyl (C=O) groups is 1. The van der Waals surface area contributed by atoms with Crippen molar-refractivity contribution < 1.29 is 4.79 Å². The Balaban J connectivity index is 1.45. The number of nitrogens with one attached hydrogen (secondary N) is 2. The third-order valence-electron chi connectivity index (χ3n) is 4.95. The van der Waals surface area contributed by atoms with Gasteiger partial charge < -0.3 is 10.3 Å². The fraction of sp³-hybridized carbons (Fsp3) is 0.350. The Morgan fingerprint density at radius 1 is 1.27 bits per heavy atom. The van der Waals surface area contributed by atoms with Crippen LogP contribution in [0.25, 0.3) is 21.9 Å². The fourth-order valence-electron chi connectivity index (χ4n) is 3.56. The normalized spacial score (nSPS) is 14.5. The Labute approximate surface area is 150 Å². The van der Waals surface area contributed by atoms with E-state index in [1.807, 2.05) is 24.3 Å². The van der Waals surface area contributed by atoms with Crippen LogP contribution in [0.15, 0.2) is 47.0 Å². The molecule has 0 radical (unpaired) electrons. The van der Waals surface area contributed by atoms with Crippen LogP contribution in [-0.4, -0.2) is 27.0 Å². The topological polar surface area (TPSA) is 79.8 Å². The highest BCUT2D eigenvalue weighted by atomic mass is 16.2. The number of carbonyl (C=O) groups excluding carboxylic acids is 1. The van der Waals surface area contributed by atoms with Gasteiger partial charge in [0.15, 0.2) is 0 Å². The molecule has 134 valence electrons. The first-order valence-corrected chi connectivity index (χ1v) is 9.13. The van der Waals surface area contributed by atoms with Crippen LogP contribution in [0, 0.1) is 0 Å². The minimum atomic E-state index is -0.226. The molecule has 2 heterocycles. The van der Waals surface area contributed by atoms with Crippen LogP contribution in [0.5, 0.6) is 0 Å². The quantitative estimate of drug-likeness (QED) is 0.695. The van der Waals surface area contributed by atoms with Crippen molar-refractivity contribution >= 4 is 27.8 Å². The standard InChI is InChI=1S/C20H22N4O2/c25-17(21-11-10-14-6-2-1-3-7-14)12-24-13-22-18-15-8-4-5-9-16(15)23-19(18)20(24)26/h4-6,8-9,13,23H,1-3,7,10-12H2,(H,21,25). The van der Waals surface area contributed by atoms with E-state index in [4.69, 9.17) is 0 Å². The van der Waals surface area contributed by atoms with Crippen molar-refractivity contribution in [2.75, 3.05) is 6.54 Å². The lowest BCUT2D eigenvalue weighted by Gasteiger charge is -2.13. The number of fused-ring (bicyclic) bond motifs is 3. The van der Waals surface area contributed by atoms with Crippen molar-refractivity contribution in [3.05, 3.63) is 52.6 Å². The Bertz CT molecular complexity index is 1040. The lowest BCUT2D eigenvalue weighted by Crippen LogP contribution is -2.33. The highest BCUT2D eigenvalue weighted by Gasteiger charge is 2.12. The van der Waals surface area contributed by atoms with Gasteiger partial charge in [0.1, 0.15) is 17.6 Å². The number of rotatable bonds is 5. The van der Waals surface area contributed by atoms with Gasteiger partial charge in [0, 0.05) is 17.4 Å². The van der Waals surface area contributed by atoms with E-state index in [0.29, 0.717) is 17.6 Å². The molecule has 0 aliphatic heterocycles. The molecule has 0 atom stereocenters. The molecule has 0 spiro atoms. The molecule has 26 heavy (non-hydrogen) atoms. The van der Waals surface area contributed by atoms with Crippen LogP contribution in [0.2, 0.25) is 0 Å². The Kier molecular flexibility index (Phi) is 4.56. The number of aromatic amines is 1. The van der Waals surface area contributed by atoms with E-state index >= 15 is 0 Å². The zero-order chi connectivity index (χ0) is 17.9. The fourth-order valence-corrected chi connectivity index (χ4v) is 3.56. The summed E-state index contributed by atoms with van der Waals surface area (Å²) in [5.41, 5.74) is 3.15. The average molecular weight is 350 g/mol. The zero-order valence-corrected chi connectivity index (χ0v) is 14.6. The molecule has 1 amide bonds. The van der Waals surface area contributed by atoms with Gasteiger partial charge >= 0.3 is 0 Å². The smallest absolute Gasteiger partial charge is 0.278 e. The second-order valence-electron chi connectivity index (χ2n) is 6.78. The first kappa shape index (κ1) is 16.6. The van der Waals surface area contributed by atoms with Gasteiger partial charge in [-0.1, -0.05) is 29.8 Å². The van der Waals surface area contributed by atoms with E-state index in [-0.39, 0.29) is 18.0 Å². The first-order valence-electron chi connectivity index (χ1n) is 9.13. The average Bonchev–Trinajstić information content (AvgIpc) is 3.04. The molecule has 0 fully saturated rings. The number of H-pyrrole nitrogens is 1. The van der Waals surface area contributed by atoms with Gasteiger partial charge in [-0.2, -0.15) is 0 Å². The van der Waals surface area contributed by atoms with Gasteiger partial charge in [-0.05, 0) is 38.2 Å². The summed E-state index contributed by atoms with van der Waals surface area (Å²) in [7, 11) is 0. The highest BCUT2D eigenvalue weighted by molar-refractivity contribution is 6.04. The molecule has 1 aromatic carbocycles. The summed E-state index contributed by atoms with van der Waals surface area (Å²) in [6, 6.07) is 7.66. The monoisotopic (exact) mass is 350 g/mol. The van der Waals surface area contributed by atoms with Crippen LogP contribution in [0.4, 0.5) is 0 Å². The summed E-state index contributed by atoms with van der Waals surface area (Å²) in [6.45, 7) is 0.595. The number of hydrogen-bond donors (Lipinski definition) is 2. The van der Waals surface area contributed by atoms with Gasteiger partial charge in [0.25, 0.3) is 5.56 Å². The van der Waals surface area contributed by atoms with Crippen molar-refractivity contribution in [2.24, 2.45) is 0 Å². The largest absolute Gasteiger partial charge is 0.354 e. The van der Waals surface area contributed by atoms with E-state index in [0.717, 1.165) is 30.2 Å². The summed E-state index contributed by atoms with van der Waals surface area (Å²) in [6.07, 6.45) is 9.42. The van der Waals surface area contributed by atoms with Crippen molar-refractivity contribution in [1.82, 2.24) is 19.9 Å². The molecule has 3 aromatic rings. The van der Waals surface area contributed by atoms with Crippen molar-refractivity contribution in [2.45, 2.75) is 38.6 Å². The molecule has 2 N–H and O–H groups in total. The minimum absolute atomic E-state index is 0.0177. The molecule has 6 nitrogen and oxygen atoms in total. The summed E-state index contributed by atoms with van der Waals surface area (Å²) in [5, 5.41) is 3.82. The van der Waals surface area contributed by atoms with Crippen molar-refractivity contribution in [3.8, 4) is 0 Å². The third kappa shape index (κ3) is 3.27. The van der Waals surface area contributed by atoms with Crippen molar-refractivity contribution in [3.63, 3.8) is 0 Å². The lowest BCUT2D eigenvalue weighted by atomic mass is 9.97. The Morgan fingerprint density at radius 2 is 2.15 bits per heavy atom. The second kappa shape index (κ2) is 7.15. The summed E-state index contributed by atoms with van der Waals surface area (Å²) in [5.74, 6) is -0.166. The Morgan fingerprint density at radius 3 is 3.00 bits per heavy atom. The van der Waals surface area contributed by atoms with Gasteiger partial charge in [0.2, 0.25) is 5.91 Å². The van der Waals surface area contributed by atoms with E-state index in [2.05, 4.69) is 21.4 Å². The van der Waals surface area contributed by atoms with Gasteiger partial charge in [-0.3, -0.25) is 14.2 Å². The highest BCUT2D eigenvalue weighted by Crippen LogP contribution is 2.21. The number of hydrogen-bond acceptors (Lipinski definition) is 3. The van der Waals surface area contributed by atoms with Crippen molar-refractivity contribution in [1.29, 1.82) is 0 Å². The molecular weight excluding hydrogens is 328 g/mol. The number of benzene rings is 1. The lowest BCUT2D eigenvalue weighted by molar-refractivity contribution is -0.121. The number of allylic oxidation sites excluding steroid dienone is 1. The molecule has 0 unspecified atom stereocenters. The minimum Gasteiger partial charge on any atom is -0.354 e. The number of amides is 1. The predicted octanol–water partition coefficient (Wildman–Crippen LogP) is 2.88. The Hall–Kier alpha value is -2.89. The number of aromatic nitrogens is 3. The number of para-hydroxylation sites is 1. The molecule has 0 bridgehead atoms.